The molecule has 2 unspecified atom stereocenters. The summed E-state index contributed by atoms with van der Waals surface area (Å²) in [6.45, 7) is 3.84. The number of ether oxygens (including phenoxy) is 1. The summed E-state index contributed by atoms with van der Waals surface area (Å²) in [5, 5.41) is 0. The van der Waals surface area contributed by atoms with Gasteiger partial charge in [0.05, 0.1) is 23.9 Å². The Bertz CT molecular complexity index is 306. The fraction of sp³-hybridized carbons (Fsp3) is 0.818. The summed E-state index contributed by atoms with van der Waals surface area (Å²) in [6, 6.07) is 0. The van der Waals surface area contributed by atoms with Crippen LogP contribution in [-0.2, 0) is 14.6 Å². The van der Waals surface area contributed by atoms with Crippen LogP contribution in [-0.4, -0.2) is 26.0 Å². The third kappa shape index (κ3) is 4.24. The fourth-order valence-corrected chi connectivity index (χ4v) is 3.81. The molecule has 1 rings (SSSR count). The molecule has 0 aromatic carbocycles. The minimum Gasteiger partial charge on any atom is -0.498 e. The highest BCUT2D eigenvalue weighted by atomic mass is 32.2. The molecule has 1 aliphatic heterocycles. The molecule has 2 atom stereocenters. The average Bonchev–Trinajstić information content (AvgIpc) is 2.35. The third-order valence-electron chi connectivity index (χ3n) is 2.84. The van der Waals surface area contributed by atoms with Crippen molar-refractivity contribution in [3.63, 3.8) is 0 Å². The summed E-state index contributed by atoms with van der Waals surface area (Å²) in [6.07, 6.45) is 6.21. The second kappa shape index (κ2) is 5.54. The molecule has 0 N–H and O–H groups in total. The Morgan fingerprint density at radius 1 is 1.40 bits per heavy atom. The van der Waals surface area contributed by atoms with Crippen LogP contribution in [0.3, 0.4) is 0 Å². The number of rotatable bonds is 3. The number of sulfone groups is 1. The minimum absolute atomic E-state index is 0.00549. The van der Waals surface area contributed by atoms with Crippen molar-refractivity contribution in [2.45, 2.75) is 39.2 Å². The van der Waals surface area contributed by atoms with E-state index in [4.69, 9.17) is 4.74 Å². The van der Waals surface area contributed by atoms with E-state index in [2.05, 4.69) is 0 Å². The van der Waals surface area contributed by atoms with Crippen molar-refractivity contribution in [1.29, 1.82) is 0 Å². The first kappa shape index (κ1) is 12.6. The van der Waals surface area contributed by atoms with Crippen molar-refractivity contribution < 1.29 is 13.2 Å². The van der Waals surface area contributed by atoms with Gasteiger partial charge in [-0.3, -0.25) is 0 Å². The van der Waals surface area contributed by atoms with Crippen LogP contribution in [0, 0.1) is 5.92 Å². The van der Waals surface area contributed by atoms with Crippen molar-refractivity contribution in [3.8, 4) is 0 Å². The molecular formula is C11H20O3S. The summed E-state index contributed by atoms with van der Waals surface area (Å²) >= 11 is 0. The van der Waals surface area contributed by atoms with Gasteiger partial charge in [0.25, 0.3) is 0 Å². The molecule has 1 aliphatic rings. The lowest BCUT2D eigenvalue weighted by Gasteiger charge is -2.21. The standard InChI is InChI=1S/C11H20O3S/c1-3-7-14-10(2)11-6-4-5-8-15(12,13)9-11/h3,7,10-11H,4-6,8-9H2,1-2H3/b7-3+. The maximum atomic E-state index is 11.6. The highest BCUT2D eigenvalue weighted by molar-refractivity contribution is 7.91. The van der Waals surface area contributed by atoms with Gasteiger partial charge >= 0.3 is 0 Å². The topological polar surface area (TPSA) is 43.4 Å². The van der Waals surface area contributed by atoms with Gasteiger partial charge in [0.1, 0.15) is 0 Å². The Labute approximate surface area is 92.4 Å². The monoisotopic (exact) mass is 232 g/mol. The van der Waals surface area contributed by atoms with Gasteiger partial charge in [0.15, 0.2) is 9.84 Å². The predicted molar refractivity (Wildman–Crippen MR) is 61.4 cm³/mol. The first-order valence-electron chi connectivity index (χ1n) is 5.52. The van der Waals surface area contributed by atoms with Crippen LogP contribution in [0.25, 0.3) is 0 Å². The Morgan fingerprint density at radius 2 is 2.13 bits per heavy atom. The molecule has 0 aromatic heterocycles. The normalized spacial score (nSPS) is 28.5. The van der Waals surface area contributed by atoms with Gasteiger partial charge in [0.2, 0.25) is 0 Å². The van der Waals surface area contributed by atoms with Crippen molar-refractivity contribution in [2.75, 3.05) is 11.5 Å². The molecule has 0 saturated carbocycles. The van der Waals surface area contributed by atoms with Crippen molar-refractivity contribution in [1.82, 2.24) is 0 Å². The maximum Gasteiger partial charge on any atom is 0.150 e. The van der Waals surface area contributed by atoms with Crippen LogP contribution in [0.4, 0.5) is 0 Å². The largest absolute Gasteiger partial charge is 0.498 e. The van der Waals surface area contributed by atoms with E-state index >= 15 is 0 Å². The van der Waals surface area contributed by atoms with E-state index in [1.54, 1.807) is 6.26 Å². The van der Waals surface area contributed by atoms with Crippen molar-refractivity contribution >= 4 is 9.84 Å². The molecule has 4 heteroatoms. The smallest absolute Gasteiger partial charge is 0.150 e. The summed E-state index contributed by atoms with van der Waals surface area (Å²) in [4.78, 5) is 0. The lowest BCUT2D eigenvalue weighted by atomic mass is 9.99. The van der Waals surface area contributed by atoms with E-state index < -0.39 is 9.84 Å². The Morgan fingerprint density at radius 3 is 2.80 bits per heavy atom. The summed E-state index contributed by atoms with van der Waals surface area (Å²) in [5.74, 6) is 0.777. The lowest BCUT2D eigenvalue weighted by molar-refractivity contribution is 0.106. The molecule has 1 saturated heterocycles. The van der Waals surface area contributed by atoms with Crippen molar-refractivity contribution in [2.24, 2.45) is 5.92 Å². The molecule has 0 bridgehead atoms. The quantitative estimate of drug-likeness (QED) is 0.700. The van der Waals surface area contributed by atoms with Crippen LogP contribution in [0.2, 0.25) is 0 Å². The van der Waals surface area contributed by atoms with Gasteiger partial charge in [-0.15, -0.1) is 0 Å². The lowest BCUT2D eigenvalue weighted by Crippen LogP contribution is -2.26. The van der Waals surface area contributed by atoms with Gasteiger partial charge in [-0.25, -0.2) is 8.42 Å². The van der Waals surface area contributed by atoms with E-state index in [1.165, 1.54) is 0 Å². The van der Waals surface area contributed by atoms with Gasteiger partial charge in [-0.2, -0.15) is 0 Å². The SMILES string of the molecule is C/C=C/OC(C)C1CCCCS(=O)(=O)C1. The summed E-state index contributed by atoms with van der Waals surface area (Å²) in [7, 11) is -2.84. The van der Waals surface area contributed by atoms with Crippen molar-refractivity contribution in [3.05, 3.63) is 12.3 Å². The third-order valence-corrected chi connectivity index (χ3v) is 4.69. The van der Waals surface area contributed by atoms with E-state index in [9.17, 15) is 8.42 Å². The fourth-order valence-electron chi connectivity index (χ4n) is 1.91. The molecule has 0 radical (unpaired) electrons. The average molecular weight is 232 g/mol. The predicted octanol–water partition coefficient (Wildman–Crippen LogP) is 2.14. The Kier molecular flexibility index (Phi) is 4.64. The number of hydrogen-bond donors (Lipinski definition) is 0. The molecule has 88 valence electrons. The zero-order valence-electron chi connectivity index (χ0n) is 9.48. The van der Waals surface area contributed by atoms with Crippen LogP contribution in [0.5, 0.6) is 0 Å². The highest BCUT2D eigenvalue weighted by Gasteiger charge is 2.27. The van der Waals surface area contributed by atoms with E-state index in [0.29, 0.717) is 5.75 Å². The van der Waals surface area contributed by atoms with Gasteiger partial charge < -0.3 is 4.74 Å². The second-order valence-corrected chi connectivity index (χ2v) is 6.41. The summed E-state index contributed by atoms with van der Waals surface area (Å²) in [5.41, 5.74) is 0. The summed E-state index contributed by atoms with van der Waals surface area (Å²) < 4.78 is 28.6. The number of hydrogen-bond acceptors (Lipinski definition) is 3. The van der Waals surface area contributed by atoms with E-state index in [-0.39, 0.29) is 17.8 Å². The Balaban J connectivity index is 2.59. The van der Waals surface area contributed by atoms with E-state index in [0.717, 1.165) is 19.3 Å². The van der Waals surface area contributed by atoms with E-state index in [1.807, 2.05) is 19.9 Å². The maximum absolute atomic E-state index is 11.6. The molecule has 1 fully saturated rings. The molecule has 0 spiro atoms. The van der Waals surface area contributed by atoms with Crippen LogP contribution >= 0.6 is 0 Å². The van der Waals surface area contributed by atoms with Crippen LogP contribution in [0.15, 0.2) is 12.3 Å². The first-order valence-corrected chi connectivity index (χ1v) is 7.34. The molecular weight excluding hydrogens is 212 g/mol. The van der Waals surface area contributed by atoms with Gasteiger partial charge in [0, 0.05) is 5.92 Å². The van der Waals surface area contributed by atoms with Crippen LogP contribution < -0.4 is 0 Å². The number of allylic oxidation sites excluding steroid dienone is 1. The van der Waals surface area contributed by atoms with Gasteiger partial charge in [-0.05, 0) is 26.7 Å². The first-order chi connectivity index (χ1) is 7.05. The molecule has 1 heterocycles. The second-order valence-electron chi connectivity index (χ2n) is 4.18. The van der Waals surface area contributed by atoms with Crippen LogP contribution in [0.1, 0.15) is 33.1 Å². The molecule has 3 nitrogen and oxygen atoms in total. The van der Waals surface area contributed by atoms with Gasteiger partial charge in [-0.1, -0.05) is 12.5 Å². The zero-order valence-corrected chi connectivity index (χ0v) is 10.3. The molecule has 0 aliphatic carbocycles. The molecule has 0 amide bonds. The minimum atomic E-state index is -2.84. The molecule has 0 aromatic rings. The highest BCUT2D eigenvalue weighted by Crippen LogP contribution is 2.22. The Hall–Kier alpha value is -0.510. The zero-order chi connectivity index (χ0) is 11.3. The molecule has 15 heavy (non-hydrogen) atoms.